The first kappa shape index (κ1) is 23.4. The van der Waals surface area contributed by atoms with Crippen molar-refractivity contribution >= 4 is 0 Å². The Hall–Kier alpha value is -0.860. The normalized spacial score (nSPS) is 13.0. The van der Waals surface area contributed by atoms with Crippen LogP contribution in [0.25, 0.3) is 0 Å². The van der Waals surface area contributed by atoms with Gasteiger partial charge in [-0.05, 0) is 66.2 Å². The van der Waals surface area contributed by atoms with Gasteiger partial charge in [0.25, 0.3) is 0 Å². The molecule has 2 nitrogen and oxygen atoms in total. The average molecular weight is 311 g/mol. The molecule has 22 heavy (non-hydrogen) atoms. The number of hydrogen-bond acceptors (Lipinski definition) is 2. The molecule has 0 aliphatic carbocycles. The topological polar surface area (TPSA) is 40.5 Å². The van der Waals surface area contributed by atoms with Crippen molar-refractivity contribution in [3.05, 3.63) is 36.0 Å². The molecular formula is C20H38O2. The monoisotopic (exact) mass is 310 g/mol. The van der Waals surface area contributed by atoms with Gasteiger partial charge in [-0.2, -0.15) is 0 Å². The molecule has 0 saturated heterocycles. The molecule has 0 aromatic carbocycles. The van der Waals surface area contributed by atoms with Crippen molar-refractivity contribution in [2.75, 3.05) is 6.61 Å². The molecule has 0 spiro atoms. The van der Waals surface area contributed by atoms with E-state index in [0.717, 1.165) is 32.1 Å². The Morgan fingerprint density at radius 3 is 2.18 bits per heavy atom. The average Bonchev–Trinajstić information content (AvgIpc) is 2.37. The first-order chi connectivity index (χ1) is 10.1. The number of rotatable bonds is 9. The van der Waals surface area contributed by atoms with E-state index >= 15 is 0 Å². The summed E-state index contributed by atoms with van der Waals surface area (Å²) < 4.78 is 0. The maximum atomic E-state index is 9.38. The predicted molar refractivity (Wildman–Crippen MR) is 99.0 cm³/mol. The molecule has 0 bridgehead atoms. The molecule has 1 atom stereocenters. The first-order valence-electron chi connectivity index (χ1n) is 8.37. The summed E-state index contributed by atoms with van der Waals surface area (Å²) in [4.78, 5) is 0. The quantitative estimate of drug-likeness (QED) is 0.558. The van der Waals surface area contributed by atoms with Gasteiger partial charge in [0.2, 0.25) is 0 Å². The molecule has 0 fully saturated rings. The maximum absolute atomic E-state index is 9.38. The molecular weight excluding hydrogens is 272 g/mol. The van der Waals surface area contributed by atoms with Crippen LogP contribution >= 0.6 is 0 Å². The molecule has 130 valence electrons. The zero-order chi connectivity index (χ0) is 17.6. The maximum Gasteiger partial charge on any atom is 0.0614 e. The molecule has 0 aliphatic rings. The van der Waals surface area contributed by atoms with E-state index < -0.39 is 5.60 Å². The summed E-state index contributed by atoms with van der Waals surface area (Å²) in [7, 11) is 0. The number of aliphatic hydroxyl groups excluding tert-OH is 1. The van der Waals surface area contributed by atoms with Crippen LogP contribution in [-0.2, 0) is 0 Å². The van der Waals surface area contributed by atoms with E-state index in [-0.39, 0.29) is 6.61 Å². The van der Waals surface area contributed by atoms with E-state index in [4.69, 9.17) is 5.11 Å². The number of allylic oxidation sites excluding steroid dienone is 4. The molecule has 0 aromatic heterocycles. The van der Waals surface area contributed by atoms with Gasteiger partial charge in [0.1, 0.15) is 0 Å². The molecule has 1 unspecified atom stereocenters. The van der Waals surface area contributed by atoms with Gasteiger partial charge in [0, 0.05) is 0 Å². The predicted octanol–water partition coefficient (Wildman–Crippen LogP) is 5.42. The Kier molecular flexibility index (Phi) is 14.7. The molecule has 0 rings (SSSR count). The van der Waals surface area contributed by atoms with Crippen molar-refractivity contribution in [2.24, 2.45) is 5.92 Å². The van der Waals surface area contributed by atoms with Crippen molar-refractivity contribution < 1.29 is 10.2 Å². The molecule has 0 aromatic rings. The van der Waals surface area contributed by atoms with Crippen LogP contribution in [0.5, 0.6) is 0 Å². The summed E-state index contributed by atoms with van der Waals surface area (Å²) in [6.07, 6.45) is 11.3. The molecule has 0 aliphatic heterocycles. The van der Waals surface area contributed by atoms with Crippen LogP contribution in [0.2, 0.25) is 0 Å². The lowest BCUT2D eigenvalue weighted by molar-refractivity contribution is 0.0675. The lowest BCUT2D eigenvalue weighted by Crippen LogP contribution is -2.18. The van der Waals surface area contributed by atoms with E-state index in [1.54, 1.807) is 0 Å². The Morgan fingerprint density at radius 2 is 1.77 bits per heavy atom. The van der Waals surface area contributed by atoms with E-state index in [1.165, 1.54) is 11.1 Å². The molecule has 2 heteroatoms. The highest BCUT2D eigenvalue weighted by Crippen LogP contribution is 2.15. The second kappa shape index (κ2) is 13.8. The summed E-state index contributed by atoms with van der Waals surface area (Å²) >= 11 is 0. The minimum Gasteiger partial charge on any atom is -0.392 e. The van der Waals surface area contributed by atoms with Gasteiger partial charge in [-0.25, -0.2) is 0 Å². The minimum absolute atomic E-state index is 0.167. The fourth-order valence-electron chi connectivity index (χ4n) is 1.82. The number of hydrogen-bond donors (Lipinski definition) is 2. The van der Waals surface area contributed by atoms with Gasteiger partial charge in [0.05, 0.1) is 12.2 Å². The van der Waals surface area contributed by atoms with Crippen molar-refractivity contribution in [2.45, 2.75) is 79.2 Å². The molecule has 0 radical (unpaired) electrons. The Labute approximate surface area is 138 Å². The Bertz CT molecular complexity index is 328. The van der Waals surface area contributed by atoms with E-state index in [1.807, 2.05) is 26.0 Å². The minimum atomic E-state index is -0.499. The van der Waals surface area contributed by atoms with Gasteiger partial charge in [-0.1, -0.05) is 42.7 Å². The van der Waals surface area contributed by atoms with Crippen LogP contribution in [0.4, 0.5) is 0 Å². The fraction of sp³-hybridized carbons (Fsp3) is 0.700. The van der Waals surface area contributed by atoms with Crippen LogP contribution in [-0.4, -0.2) is 22.4 Å². The van der Waals surface area contributed by atoms with Gasteiger partial charge in [-0.15, -0.1) is 6.58 Å². The zero-order valence-corrected chi connectivity index (χ0v) is 15.7. The fourth-order valence-corrected chi connectivity index (χ4v) is 1.82. The zero-order valence-electron chi connectivity index (χ0n) is 15.7. The number of aliphatic hydroxyl groups is 2. The summed E-state index contributed by atoms with van der Waals surface area (Å²) in [5.74, 6) is 0.581. The second-order valence-corrected chi connectivity index (χ2v) is 6.97. The highest BCUT2D eigenvalue weighted by Gasteiger charge is 2.11. The van der Waals surface area contributed by atoms with Crippen molar-refractivity contribution in [1.29, 1.82) is 0 Å². The summed E-state index contributed by atoms with van der Waals surface area (Å²) in [5, 5.41) is 17.9. The van der Waals surface area contributed by atoms with Gasteiger partial charge in [-0.3, -0.25) is 0 Å². The smallest absolute Gasteiger partial charge is 0.0614 e. The van der Waals surface area contributed by atoms with Crippen LogP contribution in [0, 0.1) is 5.92 Å². The highest BCUT2D eigenvalue weighted by molar-refractivity contribution is 5.01. The lowest BCUT2D eigenvalue weighted by Gasteiger charge is -2.17. The first-order valence-corrected chi connectivity index (χ1v) is 8.37. The summed E-state index contributed by atoms with van der Waals surface area (Å²) in [6.45, 7) is 16.0. The third-order valence-corrected chi connectivity index (χ3v) is 3.38. The van der Waals surface area contributed by atoms with Crippen LogP contribution in [0.15, 0.2) is 36.0 Å². The van der Waals surface area contributed by atoms with Crippen molar-refractivity contribution in [3.8, 4) is 0 Å². The third kappa shape index (κ3) is 21.4. The van der Waals surface area contributed by atoms with Gasteiger partial charge < -0.3 is 10.2 Å². The second-order valence-electron chi connectivity index (χ2n) is 6.97. The molecule has 2 N–H and O–H groups in total. The largest absolute Gasteiger partial charge is 0.392 e. The SMILES string of the molecule is C=CC(C)CCCC(C)(C)O.CC(C)=CCCC(C)=CCO. The third-order valence-electron chi connectivity index (χ3n) is 3.38. The van der Waals surface area contributed by atoms with Crippen LogP contribution in [0.3, 0.4) is 0 Å². The summed E-state index contributed by atoms with van der Waals surface area (Å²) in [6, 6.07) is 0. The van der Waals surface area contributed by atoms with Crippen LogP contribution < -0.4 is 0 Å². The van der Waals surface area contributed by atoms with E-state index in [9.17, 15) is 5.11 Å². The summed E-state index contributed by atoms with van der Waals surface area (Å²) in [5.41, 5.74) is 2.13. The van der Waals surface area contributed by atoms with E-state index in [0.29, 0.717) is 5.92 Å². The van der Waals surface area contributed by atoms with Gasteiger partial charge in [0.15, 0.2) is 0 Å². The Morgan fingerprint density at radius 1 is 1.18 bits per heavy atom. The molecule has 0 amide bonds. The Balaban J connectivity index is 0. The molecule has 0 heterocycles. The van der Waals surface area contributed by atoms with Gasteiger partial charge >= 0.3 is 0 Å². The highest BCUT2D eigenvalue weighted by atomic mass is 16.3. The molecule has 0 saturated carbocycles. The van der Waals surface area contributed by atoms with Crippen molar-refractivity contribution in [1.82, 2.24) is 0 Å². The van der Waals surface area contributed by atoms with E-state index in [2.05, 4.69) is 40.3 Å². The standard InChI is InChI=1S/C10H18O.C10H20O/c1-9(2)5-4-6-10(3)7-8-11;1-5-9(2)7-6-8-10(3,4)11/h5,7,11H,4,6,8H2,1-3H3;5,9,11H,1,6-8H2,2-4H3. The van der Waals surface area contributed by atoms with Crippen LogP contribution in [0.1, 0.15) is 73.6 Å². The van der Waals surface area contributed by atoms with Crippen molar-refractivity contribution in [3.63, 3.8) is 0 Å². The lowest BCUT2D eigenvalue weighted by atomic mass is 9.97.